The summed E-state index contributed by atoms with van der Waals surface area (Å²) in [5.74, 6) is -2.91. The highest BCUT2D eigenvalue weighted by atomic mass is 32.2. The smallest absolute Gasteiger partial charge is 0.504 e. The fourth-order valence-corrected chi connectivity index (χ4v) is 7.19. The first-order valence-corrected chi connectivity index (χ1v) is 16.1. The average molecular weight is 691 g/mol. The van der Waals surface area contributed by atoms with Crippen molar-refractivity contribution in [3.8, 4) is 22.8 Å². The normalized spacial score (nSPS) is 20.0. The maximum absolute atomic E-state index is 13.3. The van der Waals surface area contributed by atoms with Crippen LogP contribution in [-0.2, 0) is 24.0 Å². The van der Waals surface area contributed by atoms with Crippen LogP contribution in [0.1, 0.15) is 18.5 Å². The number of aromatic hydroxyl groups is 2. The van der Waals surface area contributed by atoms with Gasteiger partial charge in [0.15, 0.2) is 28.1 Å². The second-order valence-electron chi connectivity index (χ2n) is 10.0. The number of β-lactam (4-membered cyclic amide) rings is 1. The van der Waals surface area contributed by atoms with E-state index in [0.717, 1.165) is 28.0 Å². The highest BCUT2D eigenvalue weighted by Gasteiger charge is 2.56. The van der Waals surface area contributed by atoms with Crippen molar-refractivity contribution >= 4 is 69.6 Å². The predicted octanol–water partition coefficient (Wildman–Crippen LogP) is 2.23. The lowest BCUT2D eigenvalue weighted by Crippen LogP contribution is -2.70. The zero-order valence-electron chi connectivity index (χ0n) is 23.1. The molecular formula is C26H22N6O11S3. The second-order valence-corrected chi connectivity index (χ2v) is 12.9. The molecule has 1 saturated carbocycles. The van der Waals surface area contributed by atoms with Gasteiger partial charge in [-0.15, -0.1) is 23.1 Å². The molecule has 2 amide bonds. The molecule has 0 radical (unpaired) electrons. The Morgan fingerprint density at radius 1 is 1.24 bits per heavy atom. The number of anilines is 1. The van der Waals surface area contributed by atoms with Crippen molar-refractivity contribution in [3.63, 3.8) is 0 Å². The minimum absolute atomic E-state index is 0.0205. The first-order valence-electron chi connectivity index (χ1n) is 13.2. The number of nitrogens with zero attached hydrogens (tertiary/aromatic N) is 4. The van der Waals surface area contributed by atoms with Crippen LogP contribution in [0.15, 0.2) is 56.0 Å². The van der Waals surface area contributed by atoms with Crippen molar-refractivity contribution in [2.75, 3.05) is 17.2 Å². The Balaban J connectivity index is 1.16. The number of phenolic OH excluding ortho intramolecular Hbond substituents is 2. The molecule has 20 heteroatoms. The number of thiazole rings is 1. The number of oxime groups is 1. The summed E-state index contributed by atoms with van der Waals surface area (Å²) in [6.45, 7) is 0. The lowest BCUT2D eigenvalue weighted by Gasteiger charge is -2.49. The molecule has 1 aromatic carbocycles. The molecule has 1 saturated heterocycles. The van der Waals surface area contributed by atoms with E-state index in [1.807, 2.05) is 0 Å². The number of benzene rings is 1. The minimum Gasteiger partial charge on any atom is -0.504 e. The number of rotatable bonds is 11. The van der Waals surface area contributed by atoms with E-state index in [-0.39, 0.29) is 63.5 Å². The molecule has 2 aliphatic heterocycles. The molecule has 3 aliphatic rings. The van der Waals surface area contributed by atoms with Crippen LogP contribution >= 0.6 is 34.9 Å². The van der Waals surface area contributed by atoms with Gasteiger partial charge in [-0.3, -0.25) is 14.5 Å². The molecule has 46 heavy (non-hydrogen) atoms. The van der Waals surface area contributed by atoms with Crippen molar-refractivity contribution in [2.24, 2.45) is 5.16 Å². The molecule has 2 atom stereocenters. The number of aromatic nitrogens is 2. The number of phenols is 2. The number of carbonyl (C=O) groups excluding carboxylic acids is 2. The van der Waals surface area contributed by atoms with Crippen LogP contribution in [0.4, 0.5) is 9.93 Å². The summed E-state index contributed by atoms with van der Waals surface area (Å²) in [5, 5.41) is 45.5. The van der Waals surface area contributed by atoms with Gasteiger partial charge in [-0.25, -0.2) is 19.6 Å². The number of amides is 2. The lowest BCUT2D eigenvalue weighted by molar-refractivity contribution is -0.153. The zero-order valence-corrected chi connectivity index (χ0v) is 25.6. The molecule has 0 spiro atoms. The van der Waals surface area contributed by atoms with Crippen LogP contribution in [-0.4, -0.2) is 93.5 Å². The second kappa shape index (κ2) is 12.1. The summed E-state index contributed by atoms with van der Waals surface area (Å²) in [6, 6.07) is 3.03. The van der Waals surface area contributed by atoms with Crippen molar-refractivity contribution in [2.45, 2.75) is 35.1 Å². The van der Waals surface area contributed by atoms with E-state index >= 15 is 0 Å². The van der Waals surface area contributed by atoms with Gasteiger partial charge >= 0.3 is 12.1 Å². The number of aliphatic carboxylic acids is 1. The van der Waals surface area contributed by atoms with E-state index in [4.69, 9.17) is 19.7 Å². The highest BCUT2D eigenvalue weighted by molar-refractivity contribution is 8.01. The zero-order chi connectivity index (χ0) is 32.7. The first-order chi connectivity index (χ1) is 22.0. The van der Waals surface area contributed by atoms with Gasteiger partial charge in [0.05, 0.1) is 6.20 Å². The molecule has 2 aromatic heterocycles. The molecule has 17 nitrogen and oxygen atoms in total. The minimum atomic E-state index is -1.64. The number of nitrogen functional groups attached to an aromatic ring is 1. The van der Waals surface area contributed by atoms with Gasteiger partial charge in [0.2, 0.25) is 11.5 Å². The third-order valence-electron chi connectivity index (χ3n) is 6.96. The topological polar surface area (TPSA) is 260 Å². The van der Waals surface area contributed by atoms with Crippen LogP contribution < -0.4 is 11.1 Å². The largest absolute Gasteiger partial charge is 0.512 e. The molecule has 3 aromatic rings. The maximum atomic E-state index is 13.3. The van der Waals surface area contributed by atoms with Gasteiger partial charge in [-0.2, -0.15) is 0 Å². The Kier molecular flexibility index (Phi) is 8.17. The van der Waals surface area contributed by atoms with E-state index in [2.05, 4.69) is 20.4 Å². The van der Waals surface area contributed by atoms with Crippen LogP contribution in [0, 0.1) is 0 Å². The summed E-state index contributed by atoms with van der Waals surface area (Å²) in [4.78, 5) is 64.2. The van der Waals surface area contributed by atoms with Gasteiger partial charge in [-0.05, 0) is 18.2 Å². The lowest BCUT2D eigenvalue weighted by atomic mass is 10.1. The van der Waals surface area contributed by atoms with Crippen LogP contribution in [0.3, 0.4) is 0 Å². The van der Waals surface area contributed by atoms with Gasteiger partial charge in [0.1, 0.15) is 17.1 Å². The molecular weight excluding hydrogens is 669 g/mol. The summed E-state index contributed by atoms with van der Waals surface area (Å²) >= 11 is 3.38. The highest BCUT2D eigenvalue weighted by Crippen LogP contribution is 2.43. The quantitative estimate of drug-likeness (QED) is 0.0421. The van der Waals surface area contributed by atoms with E-state index in [1.54, 1.807) is 0 Å². The molecule has 6 rings (SSSR count). The Morgan fingerprint density at radius 2 is 2.02 bits per heavy atom. The van der Waals surface area contributed by atoms with E-state index in [1.165, 1.54) is 41.5 Å². The van der Waals surface area contributed by atoms with Crippen molar-refractivity contribution in [1.82, 2.24) is 20.2 Å². The Labute approximate surface area is 270 Å². The Bertz CT molecular complexity index is 1820. The number of carbonyl (C=O) groups is 4. The number of hydrogen-bond acceptors (Lipinski definition) is 16. The fraction of sp³-hybridized carbons (Fsp3) is 0.269. The van der Waals surface area contributed by atoms with E-state index < -0.39 is 41.0 Å². The fourth-order valence-electron chi connectivity index (χ4n) is 4.39. The monoisotopic (exact) mass is 690 g/mol. The van der Waals surface area contributed by atoms with Crippen LogP contribution in [0.2, 0.25) is 0 Å². The summed E-state index contributed by atoms with van der Waals surface area (Å²) in [5.41, 5.74) is 4.71. The SMILES string of the molecule is Nc1nc(C(=NOC2(C(=O)O)CC2)C(=O)N[C@@H]2C(=O)N3C(OC(=O)O)=C(CSc4ncc(-c5ccc(O)c(O)c5)o4)CS[C@@H]23)cs1. The average Bonchev–Trinajstić information content (AvgIpc) is 3.45. The molecule has 2 fully saturated rings. The molecule has 1 aliphatic carbocycles. The third kappa shape index (κ3) is 6.00. The van der Waals surface area contributed by atoms with Gasteiger partial charge in [-0.1, -0.05) is 16.9 Å². The summed E-state index contributed by atoms with van der Waals surface area (Å²) in [6.07, 6.45) is 0.181. The van der Waals surface area contributed by atoms with Crippen molar-refractivity contribution < 1.29 is 53.6 Å². The van der Waals surface area contributed by atoms with Gasteiger partial charge in [0, 0.05) is 40.9 Å². The van der Waals surface area contributed by atoms with Crippen LogP contribution in [0.5, 0.6) is 11.5 Å². The molecule has 0 unspecified atom stereocenters. The number of ether oxygens (including phenoxy) is 1. The molecule has 4 heterocycles. The number of carboxylic acid groups (broad SMARTS) is 2. The summed E-state index contributed by atoms with van der Waals surface area (Å²) in [7, 11) is 0. The van der Waals surface area contributed by atoms with E-state index in [9.17, 15) is 39.6 Å². The maximum Gasteiger partial charge on any atom is 0.512 e. The number of oxazole rings is 1. The number of hydrogen-bond donors (Lipinski definition) is 6. The Hall–Kier alpha value is -4.95. The summed E-state index contributed by atoms with van der Waals surface area (Å²) < 4.78 is 10.7. The van der Waals surface area contributed by atoms with E-state index in [0.29, 0.717) is 16.9 Å². The van der Waals surface area contributed by atoms with Crippen molar-refractivity contribution in [3.05, 3.63) is 46.9 Å². The number of thioether (sulfide) groups is 2. The Morgan fingerprint density at radius 3 is 2.67 bits per heavy atom. The first kappa shape index (κ1) is 31.0. The molecule has 240 valence electrons. The number of carboxylic acids is 1. The van der Waals surface area contributed by atoms with Gasteiger partial charge in [0.25, 0.3) is 17.0 Å². The molecule has 0 bridgehead atoms. The van der Waals surface area contributed by atoms with Gasteiger partial charge < -0.3 is 45.5 Å². The number of nitrogens with one attached hydrogen (secondary N) is 1. The number of nitrogens with two attached hydrogens (primary N) is 1. The number of fused-ring (bicyclic) bond motifs is 1. The molecule has 7 N–H and O–H groups in total. The predicted molar refractivity (Wildman–Crippen MR) is 161 cm³/mol. The van der Waals surface area contributed by atoms with Crippen molar-refractivity contribution in [1.29, 1.82) is 0 Å². The standard InChI is InChI=1S/C26H22N6O11S3/c27-23-29-12(9-45-23)16(31-43-26(3-4-26)22(37)38)18(35)30-17-19(36)32-20(42-25(39)40)11(7-44-21(17)32)8-46-24-28-6-15(41-24)10-1-2-13(33)14(34)5-10/h1-2,5-6,9,17,21,33-34H,3-4,7-8H2,(H2,27,29)(H,30,35)(H,37,38)(H,39,40)/t17-,21+/m1/s1. The van der Waals surface area contributed by atoms with Crippen LogP contribution in [0.25, 0.3) is 11.3 Å². The third-order valence-corrected chi connectivity index (χ3v) is 9.90.